The van der Waals surface area contributed by atoms with Gasteiger partial charge in [0.05, 0.1) is 5.92 Å². The lowest BCUT2D eigenvalue weighted by Crippen LogP contribution is -2.37. The summed E-state index contributed by atoms with van der Waals surface area (Å²) in [5, 5.41) is 6.27. The van der Waals surface area contributed by atoms with E-state index < -0.39 is 0 Å². The highest BCUT2D eigenvalue weighted by Gasteiger charge is 2.20. The van der Waals surface area contributed by atoms with Gasteiger partial charge in [0.1, 0.15) is 12.4 Å². The fourth-order valence-electron chi connectivity index (χ4n) is 3.55. The Labute approximate surface area is 184 Å². The second kappa shape index (κ2) is 10.8. The first-order valence-electron chi connectivity index (χ1n) is 10.2. The molecule has 1 fully saturated rings. The molecule has 0 aliphatic carbocycles. The highest BCUT2D eigenvalue weighted by Crippen LogP contribution is 2.21. The summed E-state index contributed by atoms with van der Waals surface area (Å²) in [6.07, 6.45) is 2.00. The standard InChI is InChI=1S/C25H26N2O2.ClH/c28-25(22-7-4-16-26-17-22)27-23-12-14-24(15-13-23)29-18-19-8-10-21(11-9-19)20-5-2-1-3-6-20;/h1-3,5-6,8-15,22,26H,4,7,16-18H2,(H,27,28);1H. The van der Waals surface area contributed by atoms with Gasteiger partial charge in [-0.25, -0.2) is 0 Å². The van der Waals surface area contributed by atoms with Crippen LogP contribution in [-0.4, -0.2) is 19.0 Å². The monoisotopic (exact) mass is 422 g/mol. The quantitative estimate of drug-likeness (QED) is 0.567. The number of amides is 1. The molecule has 2 N–H and O–H groups in total. The molecule has 1 aliphatic rings. The van der Waals surface area contributed by atoms with Gasteiger partial charge in [-0.05, 0) is 60.3 Å². The highest BCUT2D eigenvalue weighted by atomic mass is 35.5. The lowest BCUT2D eigenvalue weighted by molar-refractivity contribution is -0.120. The van der Waals surface area contributed by atoms with Crippen LogP contribution in [0.2, 0.25) is 0 Å². The first kappa shape index (κ1) is 21.9. The van der Waals surface area contributed by atoms with E-state index in [0.29, 0.717) is 6.61 Å². The fraction of sp³-hybridized carbons (Fsp3) is 0.240. The summed E-state index contributed by atoms with van der Waals surface area (Å²) in [5.41, 5.74) is 4.33. The summed E-state index contributed by atoms with van der Waals surface area (Å²) in [6, 6.07) is 26.3. The van der Waals surface area contributed by atoms with Crippen molar-refractivity contribution in [3.63, 3.8) is 0 Å². The Hall–Kier alpha value is -2.82. The zero-order chi connectivity index (χ0) is 19.9. The smallest absolute Gasteiger partial charge is 0.228 e. The minimum atomic E-state index is 0. The van der Waals surface area contributed by atoms with Gasteiger partial charge in [0.25, 0.3) is 0 Å². The average Bonchev–Trinajstić information content (AvgIpc) is 2.80. The zero-order valence-electron chi connectivity index (χ0n) is 16.8. The highest BCUT2D eigenvalue weighted by molar-refractivity contribution is 5.92. The molecule has 156 valence electrons. The maximum absolute atomic E-state index is 12.3. The van der Waals surface area contributed by atoms with Crippen molar-refractivity contribution in [1.29, 1.82) is 0 Å². The maximum Gasteiger partial charge on any atom is 0.228 e. The van der Waals surface area contributed by atoms with Gasteiger partial charge in [0.15, 0.2) is 0 Å². The molecular weight excluding hydrogens is 396 g/mol. The normalized spacial score (nSPS) is 15.7. The Morgan fingerprint density at radius 3 is 2.30 bits per heavy atom. The van der Waals surface area contributed by atoms with Crippen LogP contribution in [0.1, 0.15) is 18.4 Å². The molecule has 4 rings (SSSR count). The molecule has 1 heterocycles. The number of anilines is 1. The molecule has 1 aliphatic heterocycles. The molecule has 0 bridgehead atoms. The molecule has 5 heteroatoms. The van der Waals surface area contributed by atoms with Gasteiger partial charge in [-0.2, -0.15) is 0 Å². The molecule has 1 atom stereocenters. The van der Waals surface area contributed by atoms with Gasteiger partial charge in [0, 0.05) is 12.2 Å². The van der Waals surface area contributed by atoms with E-state index in [4.69, 9.17) is 4.74 Å². The number of carbonyl (C=O) groups is 1. The molecule has 3 aromatic carbocycles. The Bertz CT molecular complexity index is 922. The van der Waals surface area contributed by atoms with Crippen molar-refractivity contribution in [1.82, 2.24) is 5.32 Å². The van der Waals surface area contributed by atoms with Crippen molar-refractivity contribution in [3.8, 4) is 16.9 Å². The van der Waals surface area contributed by atoms with Crippen LogP contribution >= 0.6 is 12.4 Å². The van der Waals surface area contributed by atoms with Crippen LogP contribution < -0.4 is 15.4 Å². The minimum absolute atomic E-state index is 0. The molecule has 4 nitrogen and oxygen atoms in total. The molecule has 1 saturated heterocycles. The van der Waals surface area contributed by atoms with Crippen molar-refractivity contribution in [3.05, 3.63) is 84.4 Å². The topological polar surface area (TPSA) is 50.4 Å². The van der Waals surface area contributed by atoms with E-state index in [1.807, 2.05) is 42.5 Å². The minimum Gasteiger partial charge on any atom is -0.489 e. The molecule has 0 spiro atoms. The van der Waals surface area contributed by atoms with E-state index in [9.17, 15) is 4.79 Å². The van der Waals surface area contributed by atoms with Crippen molar-refractivity contribution < 1.29 is 9.53 Å². The average molecular weight is 423 g/mol. The molecule has 1 unspecified atom stereocenters. The Balaban J connectivity index is 0.00000256. The van der Waals surface area contributed by atoms with E-state index in [1.54, 1.807) is 0 Å². The third kappa shape index (κ3) is 5.85. The summed E-state index contributed by atoms with van der Waals surface area (Å²) in [4.78, 5) is 12.3. The predicted octanol–water partition coefficient (Wildman–Crippen LogP) is 5.29. The summed E-state index contributed by atoms with van der Waals surface area (Å²) in [6.45, 7) is 2.27. The molecule has 0 aromatic heterocycles. The lowest BCUT2D eigenvalue weighted by atomic mass is 9.99. The Kier molecular flexibility index (Phi) is 7.89. The number of carbonyl (C=O) groups excluding carboxylic acids is 1. The molecule has 30 heavy (non-hydrogen) atoms. The van der Waals surface area contributed by atoms with Crippen LogP contribution in [0.5, 0.6) is 5.75 Å². The van der Waals surface area contributed by atoms with Crippen molar-refractivity contribution >= 4 is 24.0 Å². The van der Waals surface area contributed by atoms with E-state index >= 15 is 0 Å². The van der Waals surface area contributed by atoms with Gasteiger partial charge in [0.2, 0.25) is 5.91 Å². The van der Waals surface area contributed by atoms with Gasteiger partial charge < -0.3 is 15.4 Å². The predicted molar refractivity (Wildman–Crippen MR) is 124 cm³/mol. The van der Waals surface area contributed by atoms with E-state index in [2.05, 4.69) is 47.0 Å². The SMILES string of the molecule is Cl.O=C(Nc1ccc(OCc2ccc(-c3ccccc3)cc2)cc1)C1CCCNC1. The van der Waals surface area contributed by atoms with Crippen LogP contribution in [-0.2, 0) is 11.4 Å². The third-order valence-corrected chi connectivity index (χ3v) is 5.26. The fourth-order valence-corrected chi connectivity index (χ4v) is 3.55. The number of rotatable bonds is 6. The number of piperidine rings is 1. The zero-order valence-corrected chi connectivity index (χ0v) is 17.7. The van der Waals surface area contributed by atoms with Gasteiger partial charge in [-0.15, -0.1) is 12.4 Å². The number of benzene rings is 3. The number of halogens is 1. The molecular formula is C25H27ClN2O2. The Morgan fingerprint density at radius 1 is 0.933 bits per heavy atom. The molecule has 3 aromatic rings. The second-order valence-electron chi connectivity index (χ2n) is 7.41. The molecule has 0 saturated carbocycles. The van der Waals surface area contributed by atoms with Crippen LogP contribution in [0.15, 0.2) is 78.9 Å². The Morgan fingerprint density at radius 2 is 1.63 bits per heavy atom. The van der Waals surface area contributed by atoms with Crippen LogP contribution in [0.25, 0.3) is 11.1 Å². The van der Waals surface area contributed by atoms with Gasteiger partial charge in [-0.3, -0.25) is 4.79 Å². The van der Waals surface area contributed by atoms with Crippen molar-refractivity contribution in [2.45, 2.75) is 19.4 Å². The molecule has 1 amide bonds. The molecule has 0 radical (unpaired) electrons. The summed E-state index contributed by atoms with van der Waals surface area (Å²) in [7, 11) is 0. The number of nitrogens with one attached hydrogen (secondary N) is 2. The van der Waals surface area contributed by atoms with E-state index in [-0.39, 0.29) is 24.2 Å². The maximum atomic E-state index is 12.3. The summed E-state index contributed by atoms with van der Waals surface area (Å²) < 4.78 is 5.89. The number of ether oxygens (including phenoxy) is 1. The first-order chi connectivity index (χ1) is 14.3. The lowest BCUT2D eigenvalue weighted by Gasteiger charge is -2.21. The van der Waals surface area contributed by atoms with Gasteiger partial charge in [-0.1, -0.05) is 54.6 Å². The summed E-state index contributed by atoms with van der Waals surface area (Å²) in [5.74, 6) is 0.928. The van der Waals surface area contributed by atoms with E-state index in [1.165, 1.54) is 11.1 Å². The number of hydrogen-bond acceptors (Lipinski definition) is 3. The first-order valence-corrected chi connectivity index (χ1v) is 10.2. The largest absolute Gasteiger partial charge is 0.489 e. The van der Waals surface area contributed by atoms with Crippen LogP contribution in [0.3, 0.4) is 0 Å². The second-order valence-corrected chi connectivity index (χ2v) is 7.41. The van der Waals surface area contributed by atoms with Crippen molar-refractivity contribution in [2.24, 2.45) is 5.92 Å². The van der Waals surface area contributed by atoms with Crippen molar-refractivity contribution in [2.75, 3.05) is 18.4 Å². The van der Waals surface area contributed by atoms with E-state index in [0.717, 1.165) is 42.9 Å². The number of hydrogen-bond donors (Lipinski definition) is 2. The van der Waals surface area contributed by atoms with Gasteiger partial charge >= 0.3 is 0 Å². The van der Waals surface area contributed by atoms with Crippen LogP contribution in [0.4, 0.5) is 5.69 Å². The third-order valence-electron chi connectivity index (χ3n) is 5.26. The van der Waals surface area contributed by atoms with Crippen LogP contribution in [0, 0.1) is 5.92 Å². The summed E-state index contributed by atoms with van der Waals surface area (Å²) >= 11 is 0.